The molecule has 0 radical (unpaired) electrons. The molecule has 0 saturated heterocycles. The van der Waals surface area contributed by atoms with Crippen LogP contribution in [0.15, 0.2) is 11.1 Å². The summed E-state index contributed by atoms with van der Waals surface area (Å²) in [4.78, 5) is 22.6. The Bertz CT molecular complexity index is 261. The summed E-state index contributed by atoms with van der Waals surface area (Å²) >= 11 is 0. The van der Waals surface area contributed by atoms with Gasteiger partial charge in [-0.1, -0.05) is 12.5 Å². The second kappa shape index (κ2) is 4.35. The fourth-order valence-electron chi connectivity index (χ4n) is 1.65. The molecule has 0 bridgehead atoms. The molecule has 0 fully saturated rings. The minimum absolute atomic E-state index is 0.182. The lowest BCUT2D eigenvalue weighted by atomic mass is 10.0. The summed E-state index contributed by atoms with van der Waals surface area (Å²) in [6.07, 6.45) is 3.32. The first-order valence-electron chi connectivity index (χ1n) is 4.88. The van der Waals surface area contributed by atoms with E-state index in [1.54, 1.807) is 0 Å². The molecule has 0 unspecified atom stereocenters. The molecule has 0 saturated carbocycles. The highest BCUT2D eigenvalue weighted by molar-refractivity contribution is 6.03. The Hall–Kier alpha value is -0.920. The summed E-state index contributed by atoms with van der Waals surface area (Å²) in [7, 11) is 0. The molecular formula is C11H16O2. The summed E-state index contributed by atoms with van der Waals surface area (Å²) in [5, 5.41) is 0. The van der Waals surface area contributed by atoms with Gasteiger partial charge >= 0.3 is 0 Å². The molecule has 13 heavy (non-hydrogen) atoms. The second-order valence-corrected chi connectivity index (χ2v) is 3.65. The van der Waals surface area contributed by atoms with Crippen LogP contribution < -0.4 is 0 Å². The van der Waals surface area contributed by atoms with Gasteiger partial charge in [0.1, 0.15) is 5.78 Å². The van der Waals surface area contributed by atoms with Crippen molar-refractivity contribution in [3.8, 4) is 0 Å². The summed E-state index contributed by atoms with van der Waals surface area (Å²) < 4.78 is 0. The van der Waals surface area contributed by atoms with Gasteiger partial charge in [0.2, 0.25) is 0 Å². The average Bonchev–Trinajstić information content (AvgIpc) is 2.36. The van der Waals surface area contributed by atoms with E-state index in [1.165, 1.54) is 0 Å². The molecule has 0 spiro atoms. The first-order chi connectivity index (χ1) is 6.15. The fraction of sp³-hybridized carbons (Fsp3) is 0.636. The molecule has 0 atom stereocenters. The highest BCUT2D eigenvalue weighted by Crippen LogP contribution is 2.25. The summed E-state index contributed by atoms with van der Waals surface area (Å²) in [5.41, 5.74) is 1.91. The molecule has 1 rings (SSSR count). The SMILES string of the molecule is CCCC(=O)CC1=C(C)CCC1=O. The van der Waals surface area contributed by atoms with Crippen LogP contribution in [-0.4, -0.2) is 11.6 Å². The fourth-order valence-corrected chi connectivity index (χ4v) is 1.65. The molecule has 2 nitrogen and oxygen atoms in total. The van der Waals surface area contributed by atoms with Gasteiger partial charge in [0.15, 0.2) is 5.78 Å². The van der Waals surface area contributed by atoms with Crippen LogP contribution in [0.3, 0.4) is 0 Å². The Labute approximate surface area is 79.0 Å². The van der Waals surface area contributed by atoms with Crippen molar-refractivity contribution >= 4 is 11.6 Å². The van der Waals surface area contributed by atoms with Gasteiger partial charge in [-0.25, -0.2) is 0 Å². The van der Waals surface area contributed by atoms with Crippen LogP contribution in [0.1, 0.15) is 46.0 Å². The van der Waals surface area contributed by atoms with Crippen LogP contribution in [0.2, 0.25) is 0 Å². The zero-order valence-electron chi connectivity index (χ0n) is 8.35. The maximum atomic E-state index is 11.3. The van der Waals surface area contributed by atoms with Crippen molar-refractivity contribution in [3.63, 3.8) is 0 Å². The third-order valence-corrected chi connectivity index (χ3v) is 2.48. The monoisotopic (exact) mass is 180 g/mol. The number of carbonyl (C=O) groups is 2. The lowest BCUT2D eigenvalue weighted by Gasteiger charge is -2.00. The molecule has 0 aliphatic heterocycles. The first kappa shape index (κ1) is 10.2. The number of carbonyl (C=O) groups excluding carboxylic acids is 2. The van der Waals surface area contributed by atoms with E-state index in [-0.39, 0.29) is 11.6 Å². The maximum Gasteiger partial charge on any atom is 0.159 e. The minimum Gasteiger partial charge on any atom is -0.299 e. The number of Topliss-reactive ketones (excluding diaryl/α,β-unsaturated/α-hetero) is 2. The predicted octanol–water partition coefficient (Wildman–Crippen LogP) is 2.43. The third kappa shape index (κ3) is 2.51. The standard InChI is InChI=1S/C11H16O2/c1-3-4-9(12)7-10-8(2)5-6-11(10)13/h3-7H2,1-2H3. The van der Waals surface area contributed by atoms with E-state index in [9.17, 15) is 9.59 Å². The molecule has 2 heteroatoms. The van der Waals surface area contributed by atoms with Crippen molar-refractivity contribution < 1.29 is 9.59 Å². The lowest BCUT2D eigenvalue weighted by molar-refractivity contribution is -0.120. The van der Waals surface area contributed by atoms with Crippen LogP contribution in [0.5, 0.6) is 0 Å². The largest absolute Gasteiger partial charge is 0.299 e. The molecule has 0 N–H and O–H groups in total. The lowest BCUT2D eigenvalue weighted by Crippen LogP contribution is -2.04. The molecule has 1 aliphatic carbocycles. The number of rotatable bonds is 4. The van der Waals surface area contributed by atoms with E-state index in [4.69, 9.17) is 0 Å². The number of ketones is 2. The van der Waals surface area contributed by atoms with E-state index in [1.807, 2.05) is 13.8 Å². The van der Waals surface area contributed by atoms with Gasteiger partial charge < -0.3 is 0 Å². The van der Waals surface area contributed by atoms with Crippen LogP contribution in [0.4, 0.5) is 0 Å². The van der Waals surface area contributed by atoms with E-state index in [0.717, 1.165) is 24.0 Å². The van der Waals surface area contributed by atoms with Crippen LogP contribution in [-0.2, 0) is 9.59 Å². The smallest absolute Gasteiger partial charge is 0.159 e. The Morgan fingerprint density at radius 3 is 2.54 bits per heavy atom. The molecule has 0 aromatic heterocycles. The minimum atomic E-state index is 0.182. The van der Waals surface area contributed by atoms with Crippen molar-refractivity contribution in [2.24, 2.45) is 0 Å². The van der Waals surface area contributed by atoms with E-state index < -0.39 is 0 Å². The number of hydrogen-bond donors (Lipinski definition) is 0. The zero-order chi connectivity index (χ0) is 9.84. The highest BCUT2D eigenvalue weighted by atomic mass is 16.1. The topological polar surface area (TPSA) is 34.1 Å². The highest BCUT2D eigenvalue weighted by Gasteiger charge is 2.21. The Kier molecular flexibility index (Phi) is 3.40. The van der Waals surface area contributed by atoms with Gasteiger partial charge in [0, 0.05) is 24.8 Å². The third-order valence-electron chi connectivity index (χ3n) is 2.48. The van der Waals surface area contributed by atoms with Gasteiger partial charge in [0.25, 0.3) is 0 Å². The first-order valence-corrected chi connectivity index (χ1v) is 4.88. The Morgan fingerprint density at radius 2 is 2.08 bits per heavy atom. The average molecular weight is 180 g/mol. The van der Waals surface area contributed by atoms with Gasteiger partial charge in [-0.05, 0) is 19.8 Å². The van der Waals surface area contributed by atoms with Gasteiger partial charge in [-0.3, -0.25) is 9.59 Å². The second-order valence-electron chi connectivity index (χ2n) is 3.65. The summed E-state index contributed by atoms with van der Waals surface area (Å²) in [6.45, 7) is 3.94. The maximum absolute atomic E-state index is 11.3. The van der Waals surface area contributed by atoms with Crippen LogP contribution >= 0.6 is 0 Å². The number of hydrogen-bond acceptors (Lipinski definition) is 2. The Balaban J connectivity index is 2.57. The molecule has 1 aliphatic rings. The van der Waals surface area contributed by atoms with E-state index >= 15 is 0 Å². The Morgan fingerprint density at radius 1 is 1.38 bits per heavy atom. The molecule has 72 valence electrons. The predicted molar refractivity (Wildman–Crippen MR) is 51.5 cm³/mol. The van der Waals surface area contributed by atoms with Crippen molar-refractivity contribution in [3.05, 3.63) is 11.1 Å². The molecule has 0 aromatic carbocycles. The van der Waals surface area contributed by atoms with Crippen LogP contribution in [0.25, 0.3) is 0 Å². The summed E-state index contributed by atoms with van der Waals surface area (Å²) in [5.74, 6) is 0.383. The van der Waals surface area contributed by atoms with Crippen molar-refractivity contribution in [2.75, 3.05) is 0 Å². The summed E-state index contributed by atoms with van der Waals surface area (Å²) in [6, 6.07) is 0. The van der Waals surface area contributed by atoms with E-state index in [0.29, 0.717) is 19.3 Å². The van der Waals surface area contributed by atoms with Gasteiger partial charge in [-0.15, -0.1) is 0 Å². The van der Waals surface area contributed by atoms with Crippen molar-refractivity contribution in [2.45, 2.75) is 46.0 Å². The van der Waals surface area contributed by atoms with Gasteiger partial charge in [0.05, 0.1) is 0 Å². The van der Waals surface area contributed by atoms with Crippen LogP contribution in [0, 0.1) is 0 Å². The molecule has 0 heterocycles. The van der Waals surface area contributed by atoms with E-state index in [2.05, 4.69) is 0 Å². The molecule has 0 amide bonds. The molecular weight excluding hydrogens is 164 g/mol. The molecule has 0 aromatic rings. The normalized spacial score (nSPS) is 16.9. The van der Waals surface area contributed by atoms with Crippen molar-refractivity contribution in [1.82, 2.24) is 0 Å². The zero-order valence-corrected chi connectivity index (χ0v) is 8.35. The van der Waals surface area contributed by atoms with Crippen molar-refractivity contribution in [1.29, 1.82) is 0 Å². The number of allylic oxidation sites excluding steroid dienone is 2. The quantitative estimate of drug-likeness (QED) is 0.665. The van der Waals surface area contributed by atoms with Gasteiger partial charge in [-0.2, -0.15) is 0 Å².